The first-order valence-electron chi connectivity index (χ1n) is 6.59. The topological polar surface area (TPSA) is 72.5 Å². The van der Waals surface area contributed by atoms with Crippen LogP contribution in [-0.2, 0) is 14.6 Å². The molecule has 0 heterocycles. The second-order valence-corrected chi connectivity index (χ2v) is 6.68. The SMILES string of the molecule is O=C(CS(=O)(=O)c1ccccc1)Nc1ccc(OC(F)(F)F)cc1. The number of hydrogen-bond donors (Lipinski definition) is 1. The molecule has 2 aromatic rings. The van der Waals surface area contributed by atoms with Crippen molar-refractivity contribution in [3.63, 3.8) is 0 Å². The number of sulfone groups is 1. The molecule has 2 aromatic carbocycles. The molecule has 0 aromatic heterocycles. The number of carbonyl (C=O) groups excluding carboxylic acids is 1. The Kier molecular flexibility index (Phi) is 5.13. The molecule has 0 saturated heterocycles. The summed E-state index contributed by atoms with van der Waals surface area (Å²) in [6.07, 6.45) is -4.81. The van der Waals surface area contributed by atoms with Crippen molar-refractivity contribution >= 4 is 21.4 Å². The third-order valence-corrected chi connectivity index (χ3v) is 4.43. The molecule has 0 radical (unpaired) electrons. The van der Waals surface area contributed by atoms with Crippen LogP contribution < -0.4 is 10.1 Å². The van der Waals surface area contributed by atoms with Gasteiger partial charge in [-0.15, -0.1) is 13.2 Å². The maximum absolute atomic E-state index is 12.0. The Labute approximate surface area is 136 Å². The zero-order chi connectivity index (χ0) is 17.8. The molecule has 0 spiro atoms. The number of nitrogens with one attached hydrogen (secondary N) is 1. The number of benzene rings is 2. The van der Waals surface area contributed by atoms with E-state index in [0.29, 0.717) is 0 Å². The summed E-state index contributed by atoms with van der Waals surface area (Å²) < 4.78 is 63.9. The van der Waals surface area contributed by atoms with Crippen LogP contribution in [0.3, 0.4) is 0 Å². The Hall–Kier alpha value is -2.55. The summed E-state index contributed by atoms with van der Waals surface area (Å²) in [5.74, 6) is -2.03. The summed E-state index contributed by atoms with van der Waals surface area (Å²) in [4.78, 5) is 11.8. The number of anilines is 1. The van der Waals surface area contributed by atoms with Crippen molar-refractivity contribution in [1.29, 1.82) is 0 Å². The van der Waals surface area contributed by atoms with E-state index in [0.717, 1.165) is 12.1 Å². The standard InChI is InChI=1S/C15H12F3NO4S/c16-15(17,18)23-12-8-6-11(7-9-12)19-14(20)10-24(21,22)13-4-2-1-3-5-13/h1-9H,10H2,(H,19,20). The van der Waals surface area contributed by atoms with Gasteiger partial charge in [0.05, 0.1) is 4.90 Å². The normalized spacial score (nSPS) is 11.8. The largest absolute Gasteiger partial charge is 0.573 e. The smallest absolute Gasteiger partial charge is 0.406 e. The summed E-state index contributed by atoms with van der Waals surface area (Å²) >= 11 is 0. The van der Waals surface area contributed by atoms with Gasteiger partial charge in [-0.2, -0.15) is 0 Å². The van der Waals surface area contributed by atoms with E-state index in [1.165, 1.54) is 36.4 Å². The molecule has 1 amide bonds. The summed E-state index contributed by atoms with van der Waals surface area (Å²) in [7, 11) is -3.80. The van der Waals surface area contributed by atoms with Crippen molar-refractivity contribution in [1.82, 2.24) is 0 Å². The first kappa shape index (κ1) is 17.8. The van der Waals surface area contributed by atoms with Crippen LogP contribution in [0.2, 0.25) is 0 Å². The van der Waals surface area contributed by atoms with Crippen molar-refractivity contribution in [2.24, 2.45) is 0 Å². The van der Waals surface area contributed by atoms with Gasteiger partial charge in [0.25, 0.3) is 0 Å². The molecule has 5 nitrogen and oxygen atoms in total. The van der Waals surface area contributed by atoms with Crippen molar-refractivity contribution in [3.8, 4) is 5.75 Å². The Bertz CT molecular complexity index is 803. The average Bonchev–Trinajstić information content (AvgIpc) is 2.48. The fraction of sp³-hybridized carbons (Fsp3) is 0.133. The molecule has 24 heavy (non-hydrogen) atoms. The zero-order valence-corrected chi connectivity index (χ0v) is 12.9. The Morgan fingerprint density at radius 1 is 1.00 bits per heavy atom. The van der Waals surface area contributed by atoms with Crippen molar-refractivity contribution in [3.05, 3.63) is 54.6 Å². The fourth-order valence-corrected chi connectivity index (χ4v) is 2.98. The molecule has 128 valence electrons. The lowest BCUT2D eigenvalue weighted by Gasteiger charge is -2.10. The van der Waals surface area contributed by atoms with Crippen LogP contribution in [-0.4, -0.2) is 26.4 Å². The van der Waals surface area contributed by atoms with E-state index in [9.17, 15) is 26.4 Å². The zero-order valence-electron chi connectivity index (χ0n) is 12.1. The average molecular weight is 359 g/mol. The van der Waals surface area contributed by atoms with E-state index in [2.05, 4.69) is 10.1 Å². The second-order valence-electron chi connectivity index (χ2n) is 4.69. The maximum Gasteiger partial charge on any atom is 0.573 e. The molecule has 0 bridgehead atoms. The molecule has 0 saturated carbocycles. The number of hydrogen-bond acceptors (Lipinski definition) is 4. The van der Waals surface area contributed by atoms with Gasteiger partial charge in [0.15, 0.2) is 9.84 Å². The molecule has 0 atom stereocenters. The van der Waals surface area contributed by atoms with Crippen molar-refractivity contribution in [2.45, 2.75) is 11.3 Å². The minimum atomic E-state index is -4.81. The highest BCUT2D eigenvalue weighted by atomic mass is 32.2. The van der Waals surface area contributed by atoms with E-state index in [1.54, 1.807) is 6.07 Å². The molecular formula is C15H12F3NO4S. The summed E-state index contributed by atoms with van der Waals surface area (Å²) in [5.41, 5.74) is 0.151. The molecule has 0 unspecified atom stereocenters. The van der Waals surface area contributed by atoms with E-state index in [4.69, 9.17) is 0 Å². The third-order valence-electron chi connectivity index (χ3n) is 2.80. The van der Waals surface area contributed by atoms with E-state index < -0.39 is 33.6 Å². The van der Waals surface area contributed by atoms with Gasteiger partial charge in [-0.1, -0.05) is 18.2 Å². The minimum Gasteiger partial charge on any atom is -0.406 e. The van der Waals surface area contributed by atoms with Crippen LogP contribution in [0.5, 0.6) is 5.75 Å². The number of carbonyl (C=O) groups is 1. The predicted molar refractivity (Wildman–Crippen MR) is 80.2 cm³/mol. The Morgan fingerprint density at radius 3 is 2.12 bits per heavy atom. The van der Waals surface area contributed by atoms with Crippen LogP contribution in [0.1, 0.15) is 0 Å². The summed E-state index contributed by atoms with van der Waals surface area (Å²) in [5, 5.41) is 2.30. The molecule has 0 aliphatic rings. The number of amides is 1. The first-order valence-corrected chi connectivity index (χ1v) is 8.24. The lowest BCUT2D eigenvalue weighted by Crippen LogP contribution is -2.23. The van der Waals surface area contributed by atoms with Crippen molar-refractivity contribution < 1.29 is 31.1 Å². The van der Waals surface area contributed by atoms with Gasteiger partial charge in [0, 0.05) is 5.69 Å². The maximum atomic E-state index is 12.0. The van der Waals surface area contributed by atoms with Crippen LogP contribution in [0.4, 0.5) is 18.9 Å². The van der Waals surface area contributed by atoms with Crippen LogP contribution in [0.15, 0.2) is 59.5 Å². The van der Waals surface area contributed by atoms with Crippen LogP contribution in [0.25, 0.3) is 0 Å². The molecular weight excluding hydrogens is 347 g/mol. The van der Waals surface area contributed by atoms with Crippen LogP contribution in [0, 0.1) is 0 Å². The van der Waals surface area contributed by atoms with E-state index >= 15 is 0 Å². The van der Waals surface area contributed by atoms with Crippen LogP contribution >= 0.6 is 0 Å². The number of halogens is 3. The molecule has 0 fully saturated rings. The fourth-order valence-electron chi connectivity index (χ4n) is 1.82. The first-order chi connectivity index (χ1) is 11.2. The van der Waals surface area contributed by atoms with Gasteiger partial charge in [-0.3, -0.25) is 4.79 Å². The highest BCUT2D eigenvalue weighted by Gasteiger charge is 2.31. The Balaban J connectivity index is 2.00. The lowest BCUT2D eigenvalue weighted by molar-refractivity contribution is -0.274. The number of alkyl halides is 3. The monoisotopic (exact) mass is 359 g/mol. The van der Waals surface area contributed by atoms with Gasteiger partial charge in [-0.05, 0) is 36.4 Å². The molecule has 1 N–H and O–H groups in total. The molecule has 9 heteroatoms. The van der Waals surface area contributed by atoms with Gasteiger partial charge < -0.3 is 10.1 Å². The number of ether oxygens (including phenoxy) is 1. The van der Waals surface area contributed by atoms with Gasteiger partial charge in [0.1, 0.15) is 11.5 Å². The molecule has 0 aliphatic carbocycles. The lowest BCUT2D eigenvalue weighted by atomic mass is 10.3. The van der Waals surface area contributed by atoms with Gasteiger partial charge in [0.2, 0.25) is 5.91 Å². The van der Waals surface area contributed by atoms with Gasteiger partial charge >= 0.3 is 6.36 Å². The third kappa shape index (κ3) is 5.27. The molecule has 0 aliphatic heterocycles. The van der Waals surface area contributed by atoms with Crippen molar-refractivity contribution in [2.75, 3.05) is 11.1 Å². The highest BCUT2D eigenvalue weighted by molar-refractivity contribution is 7.92. The van der Waals surface area contributed by atoms with Gasteiger partial charge in [-0.25, -0.2) is 8.42 Å². The van der Waals surface area contributed by atoms with E-state index in [-0.39, 0.29) is 10.6 Å². The van der Waals surface area contributed by atoms with E-state index in [1.807, 2.05) is 0 Å². The summed E-state index contributed by atoms with van der Waals surface area (Å²) in [6, 6.07) is 11.8. The second kappa shape index (κ2) is 6.91. The Morgan fingerprint density at radius 2 is 1.58 bits per heavy atom. The highest BCUT2D eigenvalue weighted by Crippen LogP contribution is 2.24. The summed E-state index contributed by atoms with van der Waals surface area (Å²) in [6.45, 7) is 0. The quantitative estimate of drug-likeness (QED) is 0.891. The number of rotatable bonds is 5. The minimum absolute atomic E-state index is 0.00840. The predicted octanol–water partition coefficient (Wildman–Crippen LogP) is 3.00. The molecule has 2 rings (SSSR count).